The van der Waals surface area contributed by atoms with Gasteiger partial charge in [-0.05, 0) is 31.9 Å². The molecule has 0 radical (unpaired) electrons. The highest BCUT2D eigenvalue weighted by Gasteiger charge is 2.25. The van der Waals surface area contributed by atoms with Gasteiger partial charge in [0.2, 0.25) is 0 Å². The Kier molecular flexibility index (Phi) is 6.73. The summed E-state index contributed by atoms with van der Waals surface area (Å²) in [6.45, 7) is 3.80. The van der Waals surface area contributed by atoms with Crippen LogP contribution >= 0.6 is 11.8 Å². The van der Waals surface area contributed by atoms with Crippen molar-refractivity contribution in [3.05, 3.63) is 0 Å². The third-order valence-electron chi connectivity index (χ3n) is 3.29. The van der Waals surface area contributed by atoms with Crippen LogP contribution in [-0.4, -0.2) is 53.3 Å². The minimum atomic E-state index is 0.0315. The Morgan fingerprint density at radius 3 is 3.00 bits per heavy atom. The van der Waals surface area contributed by atoms with Gasteiger partial charge < -0.3 is 15.3 Å². The fourth-order valence-corrected chi connectivity index (χ4v) is 2.38. The van der Waals surface area contributed by atoms with Gasteiger partial charge in [-0.1, -0.05) is 6.92 Å². The Balaban J connectivity index is 2.41. The number of amides is 2. The lowest BCUT2D eigenvalue weighted by atomic mass is 10.0. The van der Waals surface area contributed by atoms with Crippen LogP contribution in [0.5, 0.6) is 0 Å². The van der Waals surface area contributed by atoms with Crippen LogP contribution in [0.3, 0.4) is 0 Å². The lowest BCUT2D eigenvalue weighted by Gasteiger charge is -2.35. The van der Waals surface area contributed by atoms with Crippen molar-refractivity contribution < 1.29 is 9.90 Å². The molecular weight excluding hydrogens is 236 g/mol. The zero-order valence-electron chi connectivity index (χ0n) is 10.8. The Morgan fingerprint density at radius 1 is 1.59 bits per heavy atom. The van der Waals surface area contributed by atoms with E-state index < -0.39 is 0 Å². The van der Waals surface area contributed by atoms with Crippen molar-refractivity contribution in [1.82, 2.24) is 10.2 Å². The zero-order chi connectivity index (χ0) is 12.7. The number of nitrogens with one attached hydrogen (secondary N) is 1. The fourth-order valence-electron chi connectivity index (χ4n) is 2.13. The van der Waals surface area contributed by atoms with Crippen LogP contribution in [0.1, 0.15) is 32.6 Å². The number of rotatable bonds is 5. The molecule has 1 heterocycles. The first-order chi connectivity index (χ1) is 8.19. The molecule has 0 aliphatic carbocycles. The smallest absolute Gasteiger partial charge is 0.317 e. The highest BCUT2D eigenvalue weighted by Crippen LogP contribution is 2.19. The van der Waals surface area contributed by atoms with Crippen molar-refractivity contribution in [3.63, 3.8) is 0 Å². The van der Waals surface area contributed by atoms with Crippen LogP contribution in [-0.2, 0) is 0 Å². The molecule has 0 bridgehead atoms. The summed E-state index contributed by atoms with van der Waals surface area (Å²) in [5.74, 6) is 0. The average Bonchev–Trinajstić information content (AvgIpc) is 2.36. The molecular formula is C12H24N2O2S. The van der Waals surface area contributed by atoms with Gasteiger partial charge in [-0.3, -0.25) is 0 Å². The van der Waals surface area contributed by atoms with E-state index >= 15 is 0 Å². The summed E-state index contributed by atoms with van der Waals surface area (Å²) in [5.41, 5.74) is 0. The number of nitrogens with zero attached hydrogens (tertiary/aromatic N) is 1. The van der Waals surface area contributed by atoms with Crippen LogP contribution in [0.25, 0.3) is 0 Å². The predicted octanol–water partition coefficient (Wildman–Crippen LogP) is 1.68. The monoisotopic (exact) mass is 260 g/mol. The molecule has 0 unspecified atom stereocenters. The fraction of sp³-hybridized carbons (Fsp3) is 0.917. The molecule has 1 aliphatic rings. The maximum atomic E-state index is 12.0. The third kappa shape index (κ3) is 4.76. The number of hydrogen-bond acceptors (Lipinski definition) is 3. The number of hydrogen-bond donors (Lipinski definition) is 2. The number of piperidine rings is 1. The van der Waals surface area contributed by atoms with E-state index in [0.717, 1.165) is 25.8 Å². The van der Waals surface area contributed by atoms with Crippen LogP contribution in [0, 0.1) is 0 Å². The van der Waals surface area contributed by atoms with E-state index in [2.05, 4.69) is 12.2 Å². The SMILES string of the molecule is CS[C@H](C)CNC(=O)N1CCCC[C@H]1CCO. The van der Waals surface area contributed by atoms with Crippen LogP contribution in [0.2, 0.25) is 0 Å². The summed E-state index contributed by atoms with van der Waals surface area (Å²) >= 11 is 1.75. The molecule has 0 aromatic rings. The van der Waals surface area contributed by atoms with Crippen molar-refractivity contribution in [2.75, 3.05) is 26.0 Å². The van der Waals surface area contributed by atoms with Crippen molar-refractivity contribution in [1.29, 1.82) is 0 Å². The van der Waals surface area contributed by atoms with Gasteiger partial charge in [0.25, 0.3) is 0 Å². The first kappa shape index (κ1) is 14.6. The van der Waals surface area contributed by atoms with Crippen LogP contribution in [0.15, 0.2) is 0 Å². The molecule has 1 aliphatic heterocycles. The number of urea groups is 1. The van der Waals surface area contributed by atoms with E-state index in [9.17, 15) is 4.79 Å². The van der Waals surface area contributed by atoms with Gasteiger partial charge in [-0.15, -0.1) is 0 Å². The van der Waals surface area contributed by atoms with E-state index in [1.807, 2.05) is 11.2 Å². The highest BCUT2D eigenvalue weighted by molar-refractivity contribution is 7.99. The Hall–Kier alpha value is -0.420. The third-order valence-corrected chi connectivity index (χ3v) is 4.26. The molecule has 0 saturated carbocycles. The average molecular weight is 260 g/mol. The first-order valence-electron chi connectivity index (χ1n) is 6.37. The van der Waals surface area contributed by atoms with Gasteiger partial charge in [0.05, 0.1) is 0 Å². The van der Waals surface area contributed by atoms with Gasteiger partial charge >= 0.3 is 6.03 Å². The molecule has 1 saturated heterocycles. The molecule has 17 heavy (non-hydrogen) atoms. The van der Waals surface area contributed by atoms with Crippen molar-refractivity contribution in [2.24, 2.45) is 0 Å². The minimum Gasteiger partial charge on any atom is -0.396 e. The molecule has 0 aromatic heterocycles. The molecule has 1 fully saturated rings. The molecule has 0 spiro atoms. The summed E-state index contributed by atoms with van der Waals surface area (Å²) < 4.78 is 0. The van der Waals surface area contributed by atoms with Gasteiger partial charge in [-0.25, -0.2) is 4.79 Å². The van der Waals surface area contributed by atoms with Gasteiger partial charge in [0, 0.05) is 31.0 Å². The van der Waals surface area contributed by atoms with Crippen molar-refractivity contribution in [2.45, 2.75) is 43.9 Å². The largest absolute Gasteiger partial charge is 0.396 e. The van der Waals surface area contributed by atoms with Crippen LogP contribution < -0.4 is 5.32 Å². The van der Waals surface area contributed by atoms with Crippen LogP contribution in [0.4, 0.5) is 4.79 Å². The maximum absolute atomic E-state index is 12.0. The van der Waals surface area contributed by atoms with E-state index in [4.69, 9.17) is 5.11 Å². The zero-order valence-corrected chi connectivity index (χ0v) is 11.6. The summed E-state index contributed by atoms with van der Waals surface area (Å²) in [7, 11) is 0. The second-order valence-corrected chi connectivity index (χ2v) is 5.86. The van der Waals surface area contributed by atoms with Gasteiger partial charge in [-0.2, -0.15) is 11.8 Å². The number of aliphatic hydroxyl groups excluding tert-OH is 1. The van der Waals surface area contributed by atoms with E-state index in [1.165, 1.54) is 0 Å². The van der Waals surface area contributed by atoms with E-state index in [-0.39, 0.29) is 18.7 Å². The lowest BCUT2D eigenvalue weighted by Crippen LogP contribution is -2.49. The Morgan fingerprint density at radius 2 is 2.35 bits per heavy atom. The van der Waals surface area contributed by atoms with E-state index in [0.29, 0.717) is 18.2 Å². The summed E-state index contributed by atoms with van der Waals surface area (Å²) in [5, 5.41) is 12.4. The highest BCUT2D eigenvalue weighted by atomic mass is 32.2. The molecule has 0 aromatic carbocycles. The lowest BCUT2D eigenvalue weighted by molar-refractivity contribution is 0.132. The second-order valence-electron chi connectivity index (χ2n) is 4.59. The minimum absolute atomic E-state index is 0.0315. The molecule has 2 amide bonds. The number of likely N-dealkylation sites (tertiary alicyclic amines) is 1. The molecule has 1 rings (SSSR count). The number of carbonyl (C=O) groups is 1. The molecule has 4 nitrogen and oxygen atoms in total. The Bertz CT molecular complexity index is 237. The standard InChI is InChI=1S/C12H24N2O2S/c1-10(17-2)9-13-12(16)14-7-4-3-5-11(14)6-8-15/h10-11,15H,3-9H2,1-2H3,(H,13,16)/t10-,11+/m1/s1. The Labute approximate surface area is 108 Å². The number of carbonyl (C=O) groups excluding carboxylic acids is 1. The normalized spacial score (nSPS) is 22.3. The quantitative estimate of drug-likeness (QED) is 0.791. The maximum Gasteiger partial charge on any atom is 0.317 e. The first-order valence-corrected chi connectivity index (χ1v) is 7.66. The van der Waals surface area contributed by atoms with Crippen molar-refractivity contribution >= 4 is 17.8 Å². The summed E-state index contributed by atoms with van der Waals surface area (Å²) in [6, 6.07) is 0.252. The topological polar surface area (TPSA) is 52.6 Å². The predicted molar refractivity (Wildman–Crippen MR) is 72.4 cm³/mol. The van der Waals surface area contributed by atoms with E-state index in [1.54, 1.807) is 11.8 Å². The molecule has 100 valence electrons. The molecule has 2 atom stereocenters. The summed E-state index contributed by atoms with van der Waals surface area (Å²) in [6.07, 6.45) is 6.01. The number of thioether (sulfide) groups is 1. The molecule has 5 heteroatoms. The van der Waals surface area contributed by atoms with Crippen molar-refractivity contribution in [3.8, 4) is 0 Å². The van der Waals surface area contributed by atoms with Gasteiger partial charge in [0.1, 0.15) is 0 Å². The second kappa shape index (κ2) is 7.82. The number of aliphatic hydroxyl groups is 1. The summed E-state index contributed by atoms with van der Waals surface area (Å²) in [4.78, 5) is 13.9. The van der Waals surface area contributed by atoms with Gasteiger partial charge in [0.15, 0.2) is 0 Å². The molecule has 2 N–H and O–H groups in total.